The zero-order valence-electron chi connectivity index (χ0n) is 24.4. The van der Waals surface area contributed by atoms with Gasteiger partial charge < -0.3 is 18.8 Å². The Labute approximate surface area is 249 Å². The molecule has 0 unspecified atom stereocenters. The highest BCUT2D eigenvalue weighted by atomic mass is 19.1. The van der Waals surface area contributed by atoms with Gasteiger partial charge in [-0.25, -0.2) is 8.78 Å². The van der Waals surface area contributed by atoms with E-state index in [1.807, 2.05) is 9.80 Å². The summed E-state index contributed by atoms with van der Waals surface area (Å²) in [6, 6.07) is 9.03. The Balaban J connectivity index is 0.830. The number of unbranched alkanes of at least 4 members (excludes halogenated alkanes) is 4. The Morgan fingerprint density at radius 3 is 1.47 bits per heavy atom. The van der Waals surface area contributed by atoms with Gasteiger partial charge in [-0.1, -0.05) is 29.6 Å². The second-order valence-corrected chi connectivity index (χ2v) is 12.0. The third-order valence-electron chi connectivity index (χ3n) is 9.17. The summed E-state index contributed by atoms with van der Waals surface area (Å²) in [6.07, 6.45) is 9.14. The summed E-state index contributed by atoms with van der Waals surface area (Å²) in [6.45, 7) is 2.81. The van der Waals surface area contributed by atoms with Crippen LogP contribution in [0.15, 0.2) is 45.4 Å². The molecule has 6 rings (SSSR count). The largest absolute Gasteiger partial charge is 0.356 e. The zero-order valence-corrected chi connectivity index (χ0v) is 24.4. The predicted octanol–water partition coefficient (Wildman–Crippen LogP) is 7.09. The van der Waals surface area contributed by atoms with Crippen molar-refractivity contribution in [2.45, 2.75) is 82.5 Å². The van der Waals surface area contributed by atoms with E-state index in [9.17, 15) is 18.4 Å². The third kappa shape index (κ3) is 6.73. The van der Waals surface area contributed by atoms with E-state index in [2.05, 4.69) is 10.3 Å². The van der Waals surface area contributed by atoms with Crippen molar-refractivity contribution in [3.05, 3.63) is 59.4 Å². The quantitative estimate of drug-likeness (QED) is 0.183. The van der Waals surface area contributed by atoms with E-state index in [0.717, 1.165) is 79.9 Å². The summed E-state index contributed by atoms with van der Waals surface area (Å²) in [4.78, 5) is 29.4. The molecule has 2 aliphatic rings. The van der Waals surface area contributed by atoms with Gasteiger partial charge in [-0.15, -0.1) is 0 Å². The first kappa shape index (κ1) is 29.3. The SMILES string of the molecule is O=C(CCCCCCCC(=O)N1CCC(c2noc3cc(F)ccc23)CC1)N1CCC(c2noc3cc(F)ccc23)CC1. The van der Waals surface area contributed by atoms with Crippen LogP contribution in [0.5, 0.6) is 0 Å². The van der Waals surface area contributed by atoms with Gasteiger partial charge in [-0.05, 0) is 62.8 Å². The summed E-state index contributed by atoms with van der Waals surface area (Å²) in [7, 11) is 0. The van der Waals surface area contributed by atoms with E-state index in [1.54, 1.807) is 12.1 Å². The Bertz CT molecular complexity index is 1450. The monoisotopic (exact) mass is 592 g/mol. The molecule has 4 aromatic rings. The summed E-state index contributed by atoms with van der Waals surface area (Å²) >= 11 is 0. The van der Waals surface area contributed by atoms with Crippen LogP contribution in [-0.4, -0.2) is 58.1 Å². The van der Waals surface area contributed by atoms with E-state index in [-0.39, 0.29) is 35.3 Å². The number of likely N-dealkylation sites (tertiary alicyclic amines) is 2. The lowest BCUT2D eigenvalue weighted by molar-refractivity contribution is -0.133. The molecule has 2 amide bonds. The molecule has 0 N–H and O–H groups in total. The van der Waals surface area contributed by atoms with Crippen molar-refractivity contribution in [3.8, 4) is 0 Å². The minimum absolute atomic E-state index is 0.204. The van der Waals surface area contributed by atoms with Crippen LogP contribution in [0.3, 0.4) is 0 Å². The molecule has 0 radical (unpaired) electrons. The third-order valence-corrected chi connectivity index (χ3v) is 9.17. The van der Waals surface area contributed by atoms with Gasteiger partial charge in [0.15, 0.2) is 11.2 Å². The van der Waals surface area contributed by atoms with Crippen LogP contribution in [0.25, 0.3) is 21.9 Å². The van der Waals surface area contributed by atoms with Crippen molar-refractivity contribution in [2.75, 3.05) is 26.2 Å². The van der Waals surface area contributed by atoms with Crippen LogP contribution in [0.1, 0.15) is 93.9 Å². The number of aromatic nitrogens is 2. The first-order valence-corrected chi connectivity index (χ1v) is 15.6. The molecular formula is C33H38F2N4O4. The Kier molecular flexibility index (Phi) is 9.00. The maximum Gasteiger partial charge on any atom is 0.222 e. The number of rotatable bonds is 10. The topological polar surface area (TPSA) is 92.7 Å². The lowest BCUT2D eigenvalue weighted by Crippen LogP contribution is -2.37. The molecule has 8 nitrogen and oxygen atoms in total. The molecule has 0 atom stereocenters. The molecule has 4 heterocycles. The number of fused-ring (bicyclic) bond motifs is 2. The number of benzene rings is 2. The number of hydrogen-bond donors (Lipinski definition) is 0. The van der Waals surface area contributed by atoms with E-state index in [4.69, 9.17) is 9.05 Å². The molecular weight excluding hydrogens is 554 g/mol. The smallest absolute Gasteiger partial charge is 0.222 e. The van der Waals surface area contributed by atoms with Crippen LogP contribution in [-0.2, 0) is 9.59 Å². The number of piperidine rings is 2. The highest BCUT2D eigenvalue weighted by Gasteiger charge is 2.28. The van der Waals surface area contributed by atoms with Gasteiger partial charge in [0.25, 0.3) is 0 Å². The molecule has 228 valence electrons. The normalized spacial score (nSPS) is 16.9. The number of carbonyl (C=O) groups excluding carboxylic acids is 2. The lowest BCUT2D eigenvalue weighted by atomic mass is 9.91. The highest BCUT2D eigenvalue weighted by molar-refractivity contribution is 5.81. The second kappa shape index (κ2) is 13.2. The summed E-state index contributed by atoms with van der Waals surface area (Å²) < 4.78 is 37.5. The number of amides is 2. The molecule has 0 bridgehead atoms. The maximum atomic E-state index is 13.5. The average Bonchev–Trinajstić information content (AvgIpc) is 3.64. The summed E-state index contributed by atoms with van der Waals surface area (Å²) in [5.41, 5.74) is 2.67. The first-order chi connectivity index (χ1) is 21.0. The maximum absolute atomic E-state index is 13.5. The molecule has 0 spiro atoms. The van der Waals surface area contributed by atoms with Gasteiger partial charge in [0.1, 0.15) is 11.6 Å². The number of nitrogens with zero attached hydrogens (tertiary/aromatic N) is 4. The van der Waals surface area contributed by atoms with E-state index >= 15 is 0 Å². The number of halogens is 2. The minimum atomic E-state index is -0.337. The standard InChI is InChI=1S/C33H38F2N4O4/c34-24-8-10-26-28(20-24)42-36-32(26)22-12-16-38(17-13-22)30(40)6-4-2-1-3-5-7-31(41)39-18-14-23(15-19-39)33-27-11-9-25(35)21-29(27)43-37-33/h8-11,20-23H,1-7,12-19H2. The van der Waals surface area contributed by atoms with E-state index in [0.29, 0.717) is 50.2 Å². The zero-order chi connectivity index (χ0) is 29.8. The van der Waals surface area contributed by atoms with Gasteiger partial charge in [-0.3, -0.25) is 9.59 Å². The van der Waals surface area contributed by atoms with Crippen molar-refractivity contribution < 1.29 is 27.4 Å². The summed E-state index contributed by atoms with van der Waals surface area (Å²) in [5, 5.41) is 10.1. The van der Waals surface area contributed by atoms with E-state index < -0.39 is 0 Å². The van der Waals surface area contributed by atoms with Crippen LogP contribution < -0.4 is 0 Å². The molecule has 2 saturated heterocycles. The second-order valence-electron chi connectivity index (χ2n) is 12.0. The molecule has 0 aliphatic carbocycles. The molecule has 43 heavy (non-hydrogen) atoms. The van der Waals surface area contributed by atoms with Crippen LogP contribution in [0.4, 0.5) is 8.78 Å². The van der Waals surface area contributed by atoms with Gasteiger partial charge >= 0.3 is 0 Å². The van der Waals surface area contributed by atoms with Crippen molar-refractivity contribution >= 4 is 33.8 Å². The summed E-state index contributed by atoms with van der Waals surface area (Å²) in [5.74, 6) is 0.160. The van der Waals surface area contributed by atoms with Gasteiger partial charge in [0, 0.05) is 73.8 Å². The van der Waals surface area contributed by atoms with Crippen molar-refractivity contribution in [3.63, 3.8) is 0 Å². The van der Waals surface area contributed by atoms with Crippen molar-refractivity contribution in [2.24, 2.45) is 0 Å². The fourth-order valence-corrected chi connectivity index (χ4v) is 6.65. The van der Waals surface area contributed by atoms with Crippen LogP contribution in [0.2, 0.25) is 0 Å². The Morgan fingerprint density at radius 1 is 0.651 bits per heavy atom. The Morgan fingerprint density at radius 2 is 1.05 bits per heavy atom. The fourth-order valence-electron chi connectivity index (χ4n) is 6.65. The fraction of sp³-hybridized carbons (Fsp3) is 0.515. The first-order valence-electron chi connectivity index (χ1n) is 15.6. The molecule has 0 saturated carbocycles. The van der Waals surface area contributed by atoms with Crippen LogP contribution >= 0.6 is 0 Å². The minimum Gasteiger partial charge on any atom is -0.356 e. The van der Waals surface area contributed by atoms with Gasteiger partial charge in [0.05, 0.1) is 11.4 Å². The van der Waals surface area contributed by atoms with Crippen molar-refractivity contribution in [1.82, 2.24) is 20.1 Å². The number of hydrogen-bond acceptors (Lipinski definition) is 6. The lowest BCUT2D eigenvalue weighted by Gasteiger charge is -2.31. The molecule has 2 fully saturated rings. The van der Waals surface area contributed by atoms with Gasteiger partial charge in [0.2, 0.25) is 11.8 Å². The van der Waals surface area contributed by atoms with E-state index in [1.165, 1.54) is 24.3 Å². The molecule has 2 aromatic carbocycles. The molecule has 2 aliphatic heterocycles. The average molecular weight is 593 g/mol. The predicted molar refractivity (Wildman–Crippen MR) is 157 cm³/mol. The highest BCUT2D eigenvalue weighted by Crippen LogP contribution is 2.34. The van der Waals surface area contributed by atoms with Gasteiger partial charge in [-0.2, -0.15) is 0 Å². The molecule has 10 heteroatoms. The van der Waals surface area contributed by atoms with Crippen LogP contribution in [0, 0.1) is 11.6 Å². The number of carbonyl (C=O) groups is 2. The van der Waals surface area contributed by atoms with Crippen molar-refractivity contribution in [1.29, 1.82) is 0 Å². The Hall–Kier alpha value is -3.82. The molecule has 2 aromatic heterocycles.